The van der Waals surface area contributed by atoms with Crippen LogP contribution in [0.1, 0.15) is 40.0 Å². The Morgan fingerprint density at radius 3 is 2.45 bits per heavy atom. The van der Waals surface area contributed by atoms with Crippen molar-refractivity contribution < 1.29 is 19.0 Å². The van der Waals surface area contributed by atoms with Crippen molar-refractivity contribution in [3.8, 4) is 0 Å². The molecule has 8 unspecified atom stereocenters. The Bertz CT molecular complexity index is 383. The van der Waals surface area contributed by atoms with Crippen molar-refractivity contribution in [3.63, 3.8) is 0 Å². The minimum Gasteiger partial charge on any atom is -0.469 e. The number of carbonyl (C=O) groups is 1. The Morgan fingerprint density at radius 2 is 1.85 bits per heavy atom. The highest BCUT2D eigenvalue weighted by Crippen LogP contribution is 2.56. The summed E-state index contributed by atoms with van der Waals surface area (Å²) in [5, 5.41) is 0. The summed E-state index contributed by atoms with van der Waals surface area (Å²) < 4.78 is 17.4. The molecule has 0 spiro atoms. The number of carbonyl (C=O) groups excluding carboxylic acids is 1. The molecule has 20 heavy (non-hydrogen) atoms. The molecule has 3 fully saturated rings. The van der Waals surface area contributed by atoms with E-state index in [1.54, 1.807) is 0 Å². The van der Waals surface area contributed by atoms with E-state index in [1.165, 1.54) is 7.11 Å². The topological polar surface area (TPSA) is 44.8 Å². The summed E-state index contributed by atoms with van der Waals surface area (Å²) in [6.07, 6.45) is 4.18. The summed E-state index contributed by atoms with van der Waals surface area (Å²) >= 11 is 0. The Labute approximate surface area is 121 Å². The van der Waals surface area contributed by atoms with E-state index in [-0.39, 0.29) is 24.1 Å². The molecule has 0 saturated carbocycles. The van der Waals surface area contributed by atoms with Gasteiger partial charge in [-0.3, -0.25) is 4.79 Å². The summed E-state index contributed by atoms with van der Waals surface area (Å²) in [5.74, 6) is 1.12. The molecule has 0 aromatic carbocycles. The van der Waals surface area contributed by atoms with E-state index in [2.05, 4.69) is 13.8 Å². The average Bonchev–Trinajstić information content (AvgIpc) is 3.14. The monoisotopic (exact) mass is 282 g/mol. The van der Waals surface area contributed by atoms with Crippen molar-refractivity contribution in [2.24, 2.45) is 23.7 Å². The van der Waals surface area contributed by atoms with Gasteiger partial charge in [0.15, 0.2) is 0 Å². The molecule has 0 radical (unpaired) electrons. The van der Waals surface area contributed by atoms with Crippen LogP contribution in [0.3, 0.4) is 0 Å². The number of methoxy groups -OCH3 is 1. The van der Waals surface area contributed by atoms with E-state index in [4.69, 9.17) is 14.2 Å². The van der Waals surface area contributed by atoms with Crippen molar-refractivity contribution in [3.05, 3.63) is 0 Å². The molecule has 0 aliphatic carbocycles. The summed E-state index contributed by atoms with van der Waals surface area (Å²) in [5.41, 5.74) is 0. The first-order valence-corrected chi connectivity index (χ1v) is 8.01. The lowest BCUT2D eigenvalue weighted by atomic mass is 9.67. The van der Waals surface area contributed by atoms with Crippen LogP contribution in [0.4, 0.5) is 0 Å². The molecule has 0 aromatic heterocycles. The maximum atomic E-state index is 11.8. The van der Waals surface area contributed by atoms with Crippen LogP contribution in [0.5, 0.6) is 0 Å². The molecule has 3 saturated heterocycles. The molecule has 3 aliphatic rings. The van der Waals surface area contributed by atoms with E-state index in [1.807, 2.05) is 6.92 Å². The molecule has 2 bridgehead atoms. The van der Waals surface area contributed by atoms with Crippen molar-refractivity contribution in [2.75, 3.05) is 7.11 Å². The van der Waals surface area contributed by atoms with E-state index in [0.717, 1.165) is 19.3 Å². The maximum Gasteiger partial charge on any atom is 0.308 e. The molecule has 114 valence electrons. The molecule has 8 atom stereocenters. The van der Waals surface area contributed by atoms with E-state index in [0.29, 0.717) is 30.0 Å². The number of hydrogen-bond donors (Lipinski definition) is 0. The molecule has 0 aromatic rings. The summed E-state index contributed by atoms with van der Waals surface area (Å²) in [4.78, 5) is 11.8. The fraction of sp³-hybridized carbons (Fsp3) is 0.938. The van der Waals surface area contributed by atoms with Gasteiger partial charge in [-0.25, -0.2) is 0 Å². The predicted molar refractivity (Wildman–Crippen MR) is 74.2 cm³/mol. The van der Waals surface area contributed by atoms with Gasteiger partial charge in [0.1, 0.15) is 0 Å². The van der Waals surface area contributed by atoms with Crippen molar-refractivity contribution in [1.29, 1.82) is 0 Å². The zero-order chi connectivity index (χ0) is 14.4. The normalized spacial score (nSPS) is 47.3. The highest BCUT2D eigenvalue weighted by Gasteiger charge is 2.63. The molecule has 0 N–H and O–H groups in total. The number of hydrogen-bond acceptors (Lipinski definition) is 4. The fourth-order valence-electron chi connectivity index (χ4n) is 4.79. The van der Waals surface area contributed by atoms with E-state index >= 15 is 0 Å². The number of esters is 1. The van der Waals surface area contributed by atoms with E-state index < -0.39 is 0 Å². The van der Waals surface area contributed by atoms with Crippen LogP contribution >= 0.6 is 0 Å². The van der Waals surface area contributed by atoms with Crippen LogP contribution < -0.4 is 0 Å². The van der Waals surface area contributed by atoms with Gasteiger partial charge in [0.05, 0.1) is 37.4 Å². The van der Waals surface area contributed by atoms with Crippen LogP contribution in [-0.4, -0.2) is 37.5 Å². The van der Waals surface area contributed by atoms with Crippen LogP contribution in [0.25, 0.3) is 0 Å². The molecule has 3 aliphatic heterocycles. The predicted octanol–water partition coefficient (Wildman–Crippen LogP) is 2.40. The second-order valence-electron chi connectivity index (χ2n) is 6.53. The maximum absolute atomic E-state index is 11.8. The summed E-state index contributed by atoms with van der Waals surface area (Å²) in [6, 6.07) is 0. The van der Waals surface area contributed by atoms with Gasteiger partial charge in [-0.2, -0.15) is 0 Å². The second-order valence-corrected chi connectivity index (χ2v) is 6.53. The first kappa shape index (κ1) is 14.3. The van der Waals surface area contributed by atoms with Crippen molar-refractivity contribution in [1.82, 2.24) is 0 Å². The van der Waals surface area contributed by atoms with Crippen LogP contribution in [0.15, 0.2) is 0 Å². The first-order chi connectivity index (χ1) is 9.62. The third-order valence-corrected chi connectivity index (χ3v) is 5.74. The number of rotatable bonds is 4. The van der Waals surface area contributed by atoms with Gasteiger partial charge >= 0.3 is 5.97 Å². The third kappa shape index (κ3) is 1.92. The third-order valence-electron chi connectivity index (χ3n) is 5.74. The van der Waals surface area contributed by atoms with Gasteiger partial charge in [-0.15, -0.1) is 0 Å². The zero-order valence-electron chi connectivity index (χ0n) is 12.9. The van der Waals surface area contributed by atoms with Crippen molar-refractivity contribution >= 4 is 5.97 Å². The minimum absolute atomic E-state index is 0.0749. The molecule has 4 heteroatoms. The van der Waals surface area contributed by atoms with Gasteiger partial charge in [-0.05, 0) is 19.3 Å². The largest absolute Gasteiger partial charge is 0.469 e. The van der Waals surface area contributed by atoms with Gasteiger partial charge in [-0.1, -0.05) is 20.8 Å². The number of fused-ring (bicyclic) bond motifs is 5. The quantitative estimate of drug-likeness (QED) is 0.743. The summed E-state index contributed by atoms with van der Waals surface area (Å²) in [6.45, 7) is 6.36. The van der Waals surface area contributed by atoms with Gasteiger partial charge < -0.3 is 14.2 Å². The van der Waals surface area contributed by atoms with Crippen LogP contribution in [0.2, 0.25) is 0 Å². The lowest BCUT2D eigenvalue weighted by Crippen LogP contribution is -2.41. The Balaban J connectivity index is 1.79. The number of ether oxygens (including phenoxy) is 3. The van der Waals surface area contributed by atoms with Crippen LogP contribution in [-0.2, 0) is 19.0 Å². The Morgan fingerprint density at radius 1 is 1.20 bits per heavy atom. The SMILES string of the molecule is CCC1OC(CC)C2C3OC(CC3C(C)C(=O)OC)C12. The minimum atomic E-state index is -0.110. The van der Waals surface area contributed by atoms with E-state index in [9.17, 15) is 4.79 Å². The molecule has 3 rings (SSSR count). The lowest BCUT2D eigenvalue weighted by Gasteiger charge is -2.32. The highest BCUT2D eigenvalue weighted by atomic mass is 16.5. The molecule has 0 amide bonds. The molecular formula is C16H26O4. The second kappa shape index (κ2) is 5.30. The fourth-order valence-corrected chi connectivity index (χ4v) is 4.79. The summed E-state index contributed by atoms with van der Waals surface area (Å²) in [7, 11) is 1.47. The zero-order valence-corrected chi connectivity index (χ0v) is 12.9. The lowest BCUT2D eigenvalue weighted by molar-refractivity contribution is -0.148. The molecule has 3 heterocycles. The highest BCUT2D eigenvalue weighted by molar-refractivity contribution is 5.72. The molecule has 4 nitrogen and oxygen atoms in total. The Kier molecular flexibility index (Phi) is 3.80. The Hall–Kier alpha value is -0.610. The smallest absolute Gasteiger partial charge is 0.308 e. The standard InChI is InChI=1S/C16H26O4/c1-5-10-13-12-7-9(8(3)16(17)18-4)15(20-12)14(13)11(6-2)19-10/h8-15H,5-7H2,1-4H3. The first-order valence-electron chi connectivity index (χ1n) is 8.01. The van der Waals surface area contributed by atoms with Gasteiger partial charge in [0.25, 0.3) is 0 Å². The van der Waals surface area contributed by atoms with Crippen LogP contribution in [0, 0.1) is 23.7 Å². The van der Waals surface area contributed by atoms with Gasteiger partial charge in [0, 0.05) is 17.8 Å². The molecular weight excluding hydrogens is 256 g/mol. The van der Waals surface area contributed by atoms with Crippen molar-refractivity contribution in [2.45, 2.75) is 64.4 Å². The average molecular weight is 282 g/mol. The van der Waals surface area contributed by atoms with Gasteiger partial charge in [0.2, 0.25) is 0 Å².